The van der Waals surface area contributed by atoms with Crippen molar-refractivity contribution in [2.45, 2.75) is 19.2 Å². The molecule has 0 aliphatic heterocycles. The van der Waals surface area contributed by atoms with E-state index in [-0.39, 0.29) is 24.1 Å². The molecule has 1 rings (SSSR count). The van der Waals surface area contributed by atoms with Gasteiger partial charge in [0.1, 0.15) is 5.56 Å². The molecule has 5 nitrogen and oxygen atoms in total. The molecule has 0 amide bonds. The molecule has 1 aromatic heterocycles. The van der Waals surface area contributed by atoms with E-state index in [1.807, 2.05) is 0 Å². The van der Waals surface area contributed by atoms with E-state index in [2.05, 4.69) is 14.5 Å². The third-order valence-corrected chi connectivity index (χ3v) is 2.33. The Bertz CT molecular complexity index is 493. The first-order valence-electron chi connectivity index (χ1n) is 5.39. The van der Waals surface area contributed by atoms with Crippen molar-refractivity contribution in [1.82, 2.24) is 4.98 Å². The van der Waals surface area contributed by atoms with Gasteiger partial charge in [0.25, 0.3) is 0 Å². The summed E-state index contributed by atoms with van der Waals surface area (Å²) in [5.41, 5.74) is -0.594. The molecule has 0 aromatic carbocycles. The lowest BCUT2D eigenvalue weighted by atomic mass is 10.2. The number of hydrogen-bond acceptors (Lipinski definition) is 5. The lowest BCUT2D eigenvalue weighted by Gasteiger charge is -2.15. The summed E-state index contributed by atoms with van der Waals surface area (Å²) in [6.07, 6.45) is -4.98. The summed E-state index contributed by atoms with van der Waals surface area (Å²) in [4.78, 5) is 15.5. The zero-order chi connectivity index (χ0) is 15.3. The smallest absolute Gasteiger partial charge is 0.481 e. The van der Waals surface area contributed by atoms with Crippen LogP contribution in [0.2, 0.25) is 0 Å². The Kier molecular flexibility index (Phi) is 5.43. The minimum atomic E-state index is -4.98. The van der Waals surface area contributed by atoms with Crippen LogP contribution in [0.4, 0.5) is 13.2 Å². The molecule has 0 fully saturated rings. The first kappa shape index (κ1) is 16.4. The van der Waals surface area contributed by atoms with Gasteiger partial charge in [0.2, 0.25) is 5.88 Å². The molecule has 0 N–H and O–H groups in total. The molecule has 0 unspecified atom stereocenters. The van der Waals surface area contributed by atoms with Gasteiger partial charge in [-0.25, -0.2) is 9.78 Å². The van der Waals surface area contributed by atoms with Crippen LogP contribution in [0.5, 0.6) is 11.6 Å². The maximum absolute atomic E-state index is 12.4. The Hall–Kier alpha value is -1.70. The molecule has 20 heavy (non-hydrogen) atoms. The molecular weight excluding hydrogens is 303 g/mol. The Labute approximate surface area is 117 Å². The van der Waals surface area contributed by atoms with Gasteiger partial charge >= 0.3 is 12.3 Å². The summed E-state index contributed by atoms with van der Waals surface area (Å²) < 4.78 is 50.3. The van der Waals surface area contributed by atoms with Crippen molar-refractivity contribution in [2.75, 3.05) is 13.7 Å². The zero-order valence-electron chi connectivity index (χ0n) is 10.6. The standard InChI is InChI=1S/C11H11ClF3NO4/c1-3-19-10(17)9-6(5-12)16-8(18-2)4-7(9)20-11(13,14)15/h4H,3,5H2,1-2H3. The molecule has 0 saturated carbocycles. The minimum absolute atomic E-state index is 0.0158. The first-order chi connectivity index (χ1) is 9.32. The average Bonchev–Trinajstić information content (AvgIpc) is 2.35. The van der Waals surface area contributed by atoms with E-state index >= 15 is 0 Å². The van der Waals surface area contributed by atoms with Gasteiger partial charge < -0.3 is 14.2 Å². The second kappa shape index (κ2) is 6.65. The Morgan fingerprint density at radius 2 is 2.10 bits per heavy atom. The number of carbonyl (C=O) groups excluding carboxylic acids is 1. The van der Waals surface area contributed by atoms with E-state index in [0.717, 1.165) is 6.07 Å². The van der Waals surface area contributed by atoms with Crippen LogP contribution in [0.25, 0.3) is 0 Å². The molecule has 0 spiro atoms. The monoisotopic (exact) mass is 313 g/mol. The molecular formula is C11H11ClF3NO4. The Morgan fingerprint density at radius 3 is 2.55 bits per heavy atom. The van der Waals surface area contributed by atoms with Crippen LogP contribution in [-0.2, 0) is 10.6 Å². The molecule has 0 aliphatic carbocycles. The van der Waals surface area contributed by atoms with Gasteiger partial charge in [-0.1, -0.05) is 0 Å². The van der Waals surface area contributed by atoms with Crippen molar-refractivity contribution < 1.29 is 32.2 Å². The summed E-state index contributed by atoms with van der Waals surface area (Å²) >= 11 is 5.59. The van der Waals surface area contributed by atoms with Gasteiger partial charge in [-0.15, -0.1) is 24.8 Å². The van der Waals surface area contributed by atoms with Gasteiger partial charge in [-0.3, -0.25) is 0 Å². The largest absolute Gasteiger partial charge is 0.573 e. The highest BCUT2D eigenvalue weighted by molar-refractivity contribution is 6.17. The SMILES string of the molecule is CCOC(=O)c1c(OC(F)(F)F)cc(OC)nc1CCl. The summed E-state index contributed by atoms with van der Waals surface area (Å²) in [7, 11) is 1.21. The number of carbonyl (C=O) groups is 1. The molecule has 0 saturated heterocycles. The maximum Gasteiger partial charge on any atom is 0.573 e. The molecule has 0 atom stereocenters. The number of pyridine rings is 1. The molecule has 0 aliphatic rings. The fourth-order valence-electron chi connectivity index (χ4n) is 1.38. The van der Waals surface area contributed by atoms with Gasteiger partial charge in [0, 0.05) is 6.07 Å². The van der Waals surface area contributed by atoms with Crippen LogP contribution in [0, 0.1) is 0 Å². The highest BCUT2D eigenvalue weighted by Gasteiger charge is 2.35. The number of alkyl halides is 4. The van der Waals surface area contributed by atoms with E-state index in [4.69, 9.17) is 16.3 Å². The molecule has 9 heteroatoms. The van der Waals surface area contributed by atoms with Crippen molar-refractivity contribution in [3.63, 3.8) is 0 Å². The average molecular weight is 314 g/mol. The summed E-state index contributed by atoms with van der Waals surface area (Å²) in [5.74, 6) is -2.23. The molecule has 0 bridgehead atoms. The number of ether oxygens (including phenoxy) is 3. The van der Waals surface area contributed by atoms with E-state index < -0.39 is 23.6 Å². The number of halogens is 4. The van der Waals surface area contributed by atoms with Crippen molar-refractivity contribution >= 4 is 17.6 Å². The highest BCUT2D eigenvalue weighted by atomic mass is 35.5. The van der Waals surface area contributed by atoms with E-state index in [1.54, 1.807) is 0 Å². The van der Waals surface area contributed by atoms with Gasteiger partial charge in [0.15, 0.2) is 5.75 Å². The van der Waals surface area contributed by atoms with E-state index in [1.165, 1.54) is 14.0 Å². The third-order valence-electron chi connectivity index (χ3n) is 2.08. The van der Waals surface area contributed by atoms with Crippen molar-refractivity contribution in [2.24, 2.45) is 0 Å². The van der Waals surface area contributed by atoms with Gasteiger partial charge in [0.05, 0.1) is 25.3 Å². The Balaban J connectivity index is 3.38. The normalized spacial score (nSPS) is 11.1. The third kappa shape index (κ3) is 4.16. The quantitative estimate of drug-likeness (QED) is 0.618. The number of methoxy groups -OCH3 is 1. The second-order valence-electron chi connectivity index (χ2n) is 3.39. The molecule has 0 radical (unpaired) electrons. The molecule has 1 heterocycles. The van der Waals surface area contributed by atoms with E-state index in [9.17, 15) is 18.0 Å². The van der Waals surface area contributed by atoms with Crippen LogP contribution >= 0.6 is 11.6 Å². The predicted octanol–water partition coefficient (Wildman–Crippen LogP) is 2.90. The van der Waals surface area contributed by atoms with Crippen LogP contribution in [0.15, 0.2) is 6.07 Å². The predicted molar refractivity (Wildman–Crippen MR) is 63.0 cm³/mol. The fourth-order valence-corrected chi connectivity index (χ4v) is 1.57. The molecule has 1 aromatic rings. The van der Waals surface area contributed by atoms with Crippen LogP contribution in [0.1, 0.15) is 23.0 Å². The zero-order valence-corrected chi connectivity index (χ0v) is 11.3. The van der Waals surface area contributed by atoms with Gasteiger partial charge in [-0.05, 0) is 6.92 Å². The highest BCUT2D eigenvalue weighted by Crippen LogP contribution is 2.32. The lowest BCUT2D eigenvalue weighted by molar-refractivity contribution is -0.274. The first-order valence-corrected chi connectivity index (χ1v) is 5.92. The van der Waals surface area contributed by atoms with Crippen LogP contribution < -0.4 is 9.47 Å². The number of aromatic nitrogens is 1. The number of nitrogens with zero attached hydrogens (tertiary/aromatic N) is 1. The van der Waals surface area contributed by atoms with Crippen LogP contribution in [0.3, 0.4) is 0 Å². The lowest BCUT2D eigenvalue weighted by Crippen LogP contribution is -2.21. The van der Waals surface area contributed by atoms with E-state index in [0.29, 0.717) is 0 Å². The van der Waals surface area contributed by atoms with Crippen molar-refractivity contribution in [3.05, 3.63) is 17.3 Å². The number of hydrogen-bond donors (Lipinski definition) is 0. The van der Waals surface area contributed by atoms with Crippen LogP contribution in [-0.4, -0.2) is 31.0 Å². The molecule has 112 valence electrons. The summed E-state index contributed by atoms with van der Waals surface area (Å²) in [5, 5.41) is 0. The van der Waals surface area contributed by atoms with Crippen molar-refractivity contribution in [1.29, 1.82) is 0 Å². The van der Waals surface area contributed by atoms with Crippen molar-refractivity contribution in [3.8, 4) is 11.6 Å². The number of rotatable bonds is 5. The fraction of sp³-hybridized carbons (Fsp3) is 0.455. The maximum atomic E-state index is 12.4. The topological polar surface area (TPSA) is 57.7 Å². The second-order valence-corrected chi connectivity index (χ2v) is 3.65. The van der Waals surface area contributed by atoms with Gasteiger partial charge in [-0.2, -0.15) is 0 Å². The Morgan fingerprint density at radius 1 is 1.45 bits per heavy atom. The summed E-state index contributed by atoms with van der Waals surface area (Å²) in [6.45, 7) is 1.50. The summed E-state index contributed by atoms with van der Waals surface area (Å²) in [6, 6.07) is 0.843. The minimum Gasteiger partial charge on any atom is -0.481 e. The number of esters is 1.